The lowest BCUT2D eigenvalue weighted by Crippen LogP contribution is -2.64. The Labute approximate surface area is 96.2 Å². The van der Waals surface area contributed by atoms with Gasteiger partial charge in [-0.15, -0.1) is 0 Å². The van der Waals surface area contributed by atoms with Crippen LogP contribution in [0.3, 0.4) is 0 Å². The summed E-state index contributed by atoms with van der Waals surface area (Å²) in [6.07, 6.45) is 0. The van der Waals surface area contributed by atoms with Gasteiger partial charge in [0.25, 0.3) is 0 Å². The number of carbonyl (C=O) groups is 1. The fraction of sp³-hybridized carbons (Fsp3) is 0.462. The van der Waals surface area contributed by atoms with Crippen molar-refractivity contribution in [2.24, 2.45) is 11.7 Å². The summed E-state index contributed by atoms with van der Waals surface area (Å²) < 4.78 is 0. The molecule has 2 rings (SSSR count). The Hall–Kier alpha value is -1.51. The average molecular weight is 218 g/mol. The normalized spacial score (nSPS) is 18.3. The topological polar surface area (TPSA) is 46.3 Å². The molecule has 1 aromatic rings. The Kier molecular flexibility index (Phi) is 2.62. The van der Waals surface area contributed by atoms with Crippen molar-refractivity contribution in [1.82, 2.24) is 4.90 Å². The van der Waals surface area contributed by atoms with Gasteiger partial charge in [0, 0.05) is 18.5 Å². The molecule has 2 N–H and O–H groups in total. The SMILES string of the molecule is CC(C)C1(c2ccccc2)CN(C(N)=O)C1. The number of nitrogens with zero attached hydrogens (tertiary/aromatic N) is 1. The summed E-state index contributed by atoms with van der Waals surface area (Å²) in [4.78, 5) is 12.8. The van der Waals surface area contributed by atoms with Crippen LogP contribution in [0.4, 0.5) is 4.79 Å². The van der Waals surface area contributed by atoms with Gasteiger partial charge in [0.15, 0.2) is 0 Å². The molecule has 1 fully saturated rings. The third-order valence-corrected chi connectivity index (χ3v) is 3.71. The van der Waals surface area contributed by atoms with Gasteiger partial charge in [0.05, 0.1) is 0 Å². The van der Waals surface area contributed by atoms with E-state index in [0.717, 1.165) is 13.1 Å². The highest BCUT2D eigenvalue weighted by atomic mass is 16.2. The Balaban J connectivity index is 2.24. The number of hydrogen-bond acceptors (Lipinski definition) is 1. The number of primary amides is 1. The number of urea groups is 1. The predicted molar refractivity (Wildman–Crippen MR) is 64.1 cm³/mol. The maximum atomic E-state index is 11.1. The zero-order chi connectivity index (χ0) is 11.8. The van der Waals surface area contributed by atoms with E-state index in [-0.39, 0.29) is 11.4 Å². The smallest absolute Gasteiger partial charge is 0.314 e. The zero-order valence-corrected chi connectivity index (χ0v) is 9.81. The highest BCUT2D eigenvalue weighted by molar-refractivity contribution is 5.73. The molecule has 0 saturated carbocycles. The molecular weight excluding hydrogens is 200 g/mol. The van der Waals surface area contributed by atoms with Gasteiger partial charge in [-0.05, 0) is 11.5 Å². The Morgan fingerprint density at radius 1 is 1.31 bits per heavy atom. The average Bonchev–Trinajstić information content (AvgIpc) is 2.16. The van der Waals surface area contributed by atoms with Crippen LogP contribution in [0.15, 0.2) is 30.3 Å². The molecule has 2 amide bonds. The minimum atomic E-state index is -0.313. The number of amides is 2. The largest absolute Gasteiger partial charge is 0.351 e. The third kappa shape index (κ3) is 1.56. The molecule has 0 bridgehead atoms. The Morgan fingerprint density at radius 3 is 2.31 bits per heavy atom. The van der Waals surface area contributed by atoms with E-state index in [1.807, 2.05) is 18.2 Å². The molecule has 16 heavy (non-hydrogen) atoms. The maximum absolute atomic E-state index is 11.1. The predicted octanol–water partition coefficient (Wildman–Crippen LogP) is 1.97. The fourth-order valence-corrected chi connectivity index (χ4v) is 2.44. The van der Waals surface area contributed by atoms with Crippen molar-refractivity contribution in [2.45, 2.75) is 19.3 Å². The molecule has 3 heteroatoms. The summed E-state index contributed by atoms with van der Waals surface area (Å²) >= 11 is 0. The van der Waals surface area contributed by atoms with E-state index in [0.29, 0.717) is 5.92 Å². The van der Waals surface area contributed by atoms with Crippen LogP contribution in [-0.4, -0.2) is 24.0 Å². The molecule has 3 nitrogen and oxygen atoms in total. The van der Waals surface area contributed by atoms with Crippen LogP contribution < -0.4 is 5.73 Å². The quantitative estimate of drug-likeness (QED) is 0.810. The summed E-state index contributed by atoms with van der Waals surface area (Å²) in [5, 5.41) is 0. The van der Waals surface area contributed by atoms with E-state index in [1.54, 1.807) is 4.90 Å². The molecule has 1 aliphatic heterocycles. The number of likely N-dealkylation sites (tertiary alicyclic amines) is 1. The molecule has 0 aromatic heterocycles. The highest BCUT2D eigenvalue weighted by Crippen LogP contribution is 2.40. The van der Waals surface area contributed by atoms with E-state index in [4.69, 9.17) is 5.73 Å². The van der Waals surface area contributed by atoms with Gasteiger partial charge >= 0.3 is 6.03 Å². The number of hydrogen-bond donors (Lipinski definition) is 1. The monoisotopic (exact) mass is 218 g/mol. The first-order valence-electron chi connectivity index (χ1n) is 5.66. The number of rotatable bonds is 2. The van der Waals surface area contributed by atoms with Crippen molar-refractivity contribution in [3.05, 3.63) is 35.9 Å². The van der Waals surface area contributed by atoms with Gasteiger partial charge in [-0.2, -0.15) is 0 Å². The lowest BCUT2D eigenvalue weighted by Gasteiger charge is -2.52. The van der Waals surface area contributed by atoms with E-state index in [2.05, 4.69) is 26.0 Å². The first-order valence-corrected chi connectivity index (χ1v) is 5.66. The standard InChI is InChI=1S/C13H18N2O/c1-10(2)13(8-15(9-13)12(14)16)11-6-4-3-5-7-11/h3-7,10H,8-9H2,1-2H3,(H2,14,16). The molecule has 1 aromatic carbocycles. The van der Waals surface area contributed by atoms with Crippen LogP contribution in [0.2, 0.25) is 0 Å². The van der Waals surface area contributed by atoms with Crippen molar-refractivity contribution >= 4 is 6.03 Å². The molecule has 1 heterocycles. The molecule has 0 radical (unpaired) electrons. The van der Waals surface area contributed by atoms with Crippen molar-refractivity contribution in [2.75, 3.05) is 13.1 Å². The van der Waals surface area contributed by atoms with Crippen molar-refractivity contribution in [1.29, 1.82) is 0 Å². The minimum Gasteiger partial charge on any atom is -0.351 e. The van der Waals surface area contributed by atoms with E-state index >= 15 is 0 Å². The number of nitrogens with two attached hydrogens (primary N) is 1. The van der Waals surface area contributed by atoms with Gasteiger partial charge in [0.1, 0.15) is 0 Å². The summed E-state index contributed by atoms with van der Waals surface area (Å²) in [7, 11) is 0. The lowest BCUT2D eigenvalue weighted by molar-refractivity contribution is 0.0635. The van der Waals surface area contributed by atoms with Gasteiger partial charge in [0.2, 0.25) is 0 Å². The number of benzene rings is 1. The second-order valence-electron chi connectivity index (χ2n) is 4.87. The first kappa shape index (κ1) is 11.0. The maximum Gasteiger partial charge on any atom is 0.314 e. The fourth-order valence-electron chi connectivity index (χ4n) is 2.44. The van der Waals surface area contributed by atoms with Gasteiger partial charge in [-0.1, -0.05) is 44.2 Å². The summed E-state index contributed by atoms with van der Waals surface area (Å²) in [6.45, 7) is 5.88. The molecule has 86 valence electrons. The number of carbonyl (C=O) groups excluding carboxylic acids is 1. The van der Waals surface area contributed by atoms with E-state index in [9.17, 15) is 4.79 Å². The van der Waals surface area contributed by atoms with Crippen LogP contribution in [0.1, 0.15) is 19.4 Å². The molecular formula is C13H18N2O. The van der Waals surface area contributed by atoms with Gasteiger partial charge < -0.3 is 10.6 Å². The third-order valence-electron chi connectivity index (χ3n) is 3.71. The molecule has 1 aliphatic rings. The molecule has 0 aliphatic carbocycles. The van der Waals surface area contributed by atoms with Crippen LogP contribution in [0, 0.1) is 5.92 Å². The Bertz CT molecular complexity index is 380. The highest BCUT2D eigenvalue weighted by Gasteiger charge is 2.47. The van der Waals surface area contributed by atoms with Crippen molar-refractivity contribution in [3.8, 4) is 0 Å². The van der Waals surface area contributed by atoms with Crippen LogP contribution in [-0.2, 0) is 5.41 Å². The molecule has 1 saturated heterocycles. The summed E-state index contributed by atoms with van der Waals surface area (Å²) in [6, 6.07) is 10.1. The second-order valence-corrected chi connectivity index (χ2v) is 4.87. The minimum absolute atomic E-state index is 0.0935. The van der Waals surface area contributed by atoms with Crippen LogP contribution >= 0.6 is 0 Å². The molecule has 0 unspecified atom stereocenters. The van der Waals surface area contributed by atoms with E-state index in [1.165, 1.54) is 5.56 Å². The summed E-state index contributed by atoms with van der Waals surface area (Å²) in [5.41, 5.74) is 6.69. The van der Waals surface area contributed by atoms with Crippen LogP contribution in [0.25, 0.3) is 0 Å². The molecule has 0 spiro atoms. The van der Waals surface area contributed by atoms with Crippen molar-refractivity contribution < 1.29 is 4.79 Å². The van der Waals surface area contributed by atoms with Crippen molar-refractivity contribution in [3.63, 3.8) is 0 Å². The van der Waals surface area contributed by atoms with Crippen LogP contribution in [0.5, 0.6) is 0 Å². The first-order chi connectivity index (χ1) is 7.56. The van der Waals surface area contributed by atoms with Gasteiger partial charge in [-0.3, -0.25) is 0 Å². The summed E-state index contributed by atoms with van der Waals surface area (Å²) in [5.74, 6) is 0.505. The molecule has 0 atom stereocenters. The second kappa shape index (κ2) is 3.81. The Morgan fingerprint density at radius 2 is 1.88 bits per heavy atom. The van der Waals surface area contributed by atoms with Gasteiger partial charge in [-0.25, -0.2) is 4.79 Å². The van der Waals surface area contributed by atoms with E-state index < -0.39 is 0 Å². The lowest BCUT2D eigenvalue weighted by atomic mass is 9.66. The zero-order valence-electron chi connectivity index (χ0n) is 9.81.